The minimum Gasteiger partial charge on any atom is -0.475 e. The summed E-state index contributed by atoms with van der Waals surface area (Å²) in [5, 5.41) is 18.4. The van der Waals surface area contributed by atoms with Gasteiger partial charge in [-0.05, 0) is 50.0 Å². The van der Waals surface area contributed by atoms with Crippen molar-refractivity contribution in [3.63, 3.8) is 0 Å². The number of benzene rings is 1. The molecule has 3 aliphatic heterocycles. The number of likely N-dealkylation sites (tertiary alicyclic amines) is 1. The van der Waals surface area contributed by atoms with Crippen molar-refractivity contribution >= 4 is 11.9 Å². The Labute approximate surface area is 216 Å². The van der Waals surface area contributed by atoms with Crippen LogP contribution in [0.1, 0.15) is 48.2 Å². The molecule has 1 spiro atoms. The van der Waals surface area contributed by atoms with Gasteiger partial charge in [0.2, 0.25) is 12.6 Å². The van der Waals surface area contributed by atoms with Crippen LogP contribution in [-0.4, -0.2) is 75.9 Å². The number of alkyl halides is 3. The number of hydrogen-bond acceptors (Lipinski definition) is 8. The monoisotopic (exact) mass is 541 g/mol. The average molecular weight is 542 g/mol. The average Bonchev–Trinajstić information content (AvgIpc) is 3.46. The first-order chi connectivity index (χ1) is 18.1. The molecule has 1 aromatic heterocycles. The van der Waals surface area contributed by atoms with E-state index in [4.69, 9.17) is 24.1 Å². The van der Waals surface area contributed by atoms with Crippen molar-refractivity contribution in [2.75, 3.05) is 33.0 Å². The number of nitrogens with one attached hydrogen (secondary N) is 1. The lowest BCUT2D eigenvalue weighted by Gasteiger charge is -2.41. The molecule has 0 aliphatic carbocycles. The maximum Gasteiger partial charge on any atom is 0.490 e. The van der Waals surface area contributed by atoms with Gasteiger partial charge in [0, 0.05) is 25.0 Å². The van der Waals surface area contributed by atoms with E-state index in [1.807, 2.05) is 17.6 Å². The molecule has 2 aromatic rings. The van der Waals surface area contributed by atoms with Gasteiger partial charge in [-0.25, -0.2) is 4.79 Å². The number of aromatic nitrogens is 3. The van der Waals surface area contributed by atoms with Gasteiger partial charge in [0.1, 0.15) is 6.61 Å². The zero-order valence-corrected chi connectivity index (χ0v) is 20.9. The molecule has 1 fully saturated rings. The highest BCUT2D eigenvalue weighted by molar-refractivity contribution is 5.90. The third-order valence-electron chi connectivity index (χ3n) is 6.70. The SMILES string of the molecule is CCCNC(=O)c1nnc2n1CC1(CCN(Cc3ccc4c(c3)OCO4)CC1)COC2.O=C(O)C(F)(F)F. The molecule has 3 aliphatic rings. The highest BCUT2D eigenvalue weighted by Crippen LogP contribution is 2.38. The number of ether oxygens (including phenoxy) is 3. The third-order valence-corrected chi connectivity index (χ3v) is 6.70. The van der Waals surface area contributed by atoms with Crippen LogP contribution in [0.2, 0.25) is 0 Å². The number of fused-ring (bicyclic) bond motifs is 2. The fourth-order valence-electron chi connectivity index (χ4n) is 4.62. The van der Waals surface area contributed by atoms with Gasteiger partial charge < -0.3 is 29.2 Å². The Balaban J connectivity index is 0.000000426. The summed E-state index contributed by atoms with van der Waals surface area (Å²) in [6.07, 6.45) is -2.19. The fraction of sp³-hybridized carbons (Fsp3) is 0.583. The molecule has 14 heteroatoms. The number of carboxylic acids is 1. The van der Waals surface area contributed by atoms with Crippen LogP contribution in [-0.2, 0) is 29.2 Å². The molecule has 1 aromatic carbocycles. The van der Waals surface area contributed by atoms with Crippen molar-refractivity contribution in [2.45, 2.75) is 52.1 Å². The fourth-order valence-corrected chi connectivity index (χ4v) is 4.62. The van der Waals surface area contributed by atoms with Crippen LogP contribution in [0.4, 0.5) is 13.2 Å². The molecule has 0 unspecified atom stereocenters. The van der Waals surface area contributed by atoms with Crippen LogP contribution in [0.25, 0.3) is 0 Å². The molecule has 208 valence electrons. The van der Waals surface area contributed by atoms with Gasteiger partial charge in [-0.15, -0.1) is 10.2 Å². The predicted molar refractivity (Wildman–Crippen MR) is 126 cm³/mol. The Bertz CT molecular complexity index is 1150. The quantitative estimate of drug-likeness (QED) is 0.587. The molecule has 2 N–H and O–H groups in total. The highest BCUT2D eigenvalue weighted by atomic mass is 19.4. The Morgan fingerprint density at radius 1 is 1.16 bits per heavy atom. The Hall–Kier alpha value is -3.39. The Morgan fingerprint density at radius 3 is 2.55 bits per heavy atom. The smallest absolute Gasteiger partial charge is 0.475 e. The molecule has 0 atom stereocenters. The van der Waals surface area contributed by atoms with Gasteiger partial charge in [0.05, 0.1) is 6.61 Å². The number of carboxylic acid groups (broad SMARTS) is 1. The zero-order chi connectivity index (χ0) is 27.3. The number of carbonyl (C=O) groups is 2. The standard InChI is InChI=1S/C22H29N5O4.C2HF3O2/c1-2-7-23-21(28)20-25-24-19-12-29-14-22(13-27(19)20)5-8-26(9-6-22)11-16-3-4-17-18(10-16)31-15-30-17;3-2(4,5)1(6)7/h3-4,10H,2,5-9,11-15H2,1H3,(H,23,28);(H,6,7). The molecule has 1 amide bonds. The maximum atomic E-state index is 12.6. The highest BCUT2D eigenvalue weighted by Gasteiger charge is 2.39. The molecule has 11 nitrogen and oxygen atoms in total. The van der Waals surface area contributed by atoms with Crippen LogP contribution >= 0.6 is 0 Å². The Kier molecular flexibility index (Phi) is 8.41. The van der Waals surface area contributed by atoms with E-state index in [2.05, 4.69) is 32.5 Å². The summed E-state index contributed by atoms with van der Waals surface area (Å²) in [5.74, 6) is -0.125. The number of carbonyl (C=O) groups excluding carboxylic acids is 1. The van der Waals surface area contributed by atoms with Crippen molar-refractivity contribution in [2.24, 2.45) is 5.41 Å². The lowest BCUT2D eigenvalue weighted by atomic mass is 9.78. The van der Waals surface area contributed by atoms with E-state index in [-0.39, 0.29) is 11.3 Å². The van der Waals surface area contributed by atoms with Crippen LogP contribution < -0.4 is 14.8 Å². The van der Waals surface area contributed by atoms with Crippen molar-refractivity contribution < 1.29 is 42.1 Å². The first kappa shape index (κ1) is 27.6. The van der Waals surface area contributed by atoms with Crippen LogP contribution in [0.15, 0.2) is 18.2 Å². The molecule has 0 saturated carbocycles. The van der Waals surface area contributed by atoms with Gasteiger partial charge in [-0.3, -0.25) is 9.69 Å². The number of nitrogens with zero attached hydrogens (tertiary/aromatic N) is 4. The van der Waals surface area contributed by atoms with Crippen molar-refractivity contribution in [3.8, 4) is 11.5 Å². The van der Waals surface area contributed by atoms with Crippen molar-refractivity contribution in [3.05, 3.63) is 35.4 Å². The first-order valence-corrected chi connectivity index (χ1v) is 12.3. The molecule has 0 radical (unpaired) electrons. The lowest BCUT2D eigenvalue weighted by molar-refractivity contribution is -0.192. The van der Waals surface area contributed by atoms with Gasteiger partial charge in [-0.2, -0.15) is 13.2 Å². The van der Waals surface area contributed by atoms with E-state index >= 15 is 0 Å². The topological polar surface area (TPSA) is 128 Å². The van der Waals surface area contributed by atoms with Crippen molar-refractivity contribution in [1.29, 1.82) is 0 Å². The number of hydrogen-bond donors (Lipinski definition) is 2. The van der Waals surface area contributed by atoms with E-state index in [1.54, 1.807) is 0 Å². The second-order valence-electron chi connectivity index (χ2n) is 9.54. The second kappa shape index (κ2) is 11.6. The Morgan fingerprint density at radius 2 is 1.87 bits per heavy atom. The minimum atomic E-state index is -5.08. The first-order valence-electron chi connectivity index (χ1n) is 12.3. The molecule has 1 saturated heterocycles. The largest absolute Gasteiger partial charge is 0.490 e. The number of piperidine rings is 1. The molecule has 4 heterocycles. The summed E-state index contributed by atoms with van der Waals surface area (Å²) in [5.41, 5.74) is 1.23. The van der Waals surface area contributed by atoms with Crippen LogP contribution in [0.3, 0.4) is 0 Å². The minimum absolute atomic E-state index is 0.00119. The van der Waals surface area contributed by atoms with Gasteiger partial charge in [-0.1, -0.05) is 13.0 Å². The summed E-state index contributed by atoms with van der Waals surface area (Å²) in [6, 6.07) is 6.17. The van der Waals surface area contributed by atoms with E-state index in [0.29, 0.717) is 32.4 Å². The molecular weight excluding hydrogens is 511 g/mol. The molecule has 0 bridgehead atoms. The van der Waals surface area contributed by atoms with Gasteiger partial charge >= 0.3 is 12.1 Å². The summed E-state index contributed by atoms with van der Waals surface area (Å²) in [6.45, 7) is 7.62. The van der Waals surface area contributed by atoms with Gasteiger partial charge in [0.25, 0.3) is 5.91 Å². The van der Waals surface area contributed by atoms with Gasteiger partial charge in [0.15, 0.2) is 17.3 Å². The number of aliphatic carboxylic acids is 1. The van der Waals surface area contributed by atoms with Crippen molar-refractivity contribution in [1.82, 2.24) is 25.0 Å². The van der Waals surface area contributed by atoms with E-state index in [9.17, 15) is 18.0 Å². The summed E-state index contributed by atoms with van der Waals surface area (Å²) < 4.78 is 50.6. The normalized spacial score (nSPS) is 18.2. The van der Waals surface area contributed by atoms with Crippen LogP contribution in [0, 0.1) is 5.41 Å². The summed E-state index contributed by atoms with van der Waals surface area (Å²) in [7, 11) is 0. The molecule has 38 heavy (non-hydrogen) atoms. The second-order valence-corrected chi connectivity index (χ2v) is 9.54. The van der Waals surface area contributed by atoms with Crippen LogP contribution in [0.5, 0.6) is 11.5 Å². The molecular formula is C24H30F3N5O6. The summed E-state index contributed by atoms with van der Waals surface area (Å²) >= 11 is 0. The zero-order valence-electron chi connectivity index (χ0n) is 20.9. The summed E-state index contributed by atoms with van der Waals surface area (Å²) in [4.78, 5) is 23.9. The number of rotatable bonds is 5. The van der Waals surface area contributed by atoms with E-state index in [0.717, 1.165) is 62.8 Å². The van der Waals surface area contributed by atoms with E-state index < -0.39 is 12.1 Å². The lowest BCUT2D eigenvalue weighted by Crippen LogP contribution is -2.44. The predicted octanol–water partition coefficient (Wildman–Crippen LogP) is 2.59. The number of amides is 1. The van der Waals surface area contributed by atoms with E-state index in [1.165, 1.54) is 5.56 Å². The third kappa shape index (κ3) is 6.54. The number of halogens is 3. The maximum absolute atomic E-state index is 12.6. The molecule has 5 rings (SSSR count).